The third-order valence-corrected chi connectivity index (χ3v) is 5.67. The van der Waals surface area contributed by atoms with Crippen LogP contribution < -0.4 is 16.0 Å². The molecule has 0 spiro atoms. The Labute approximate surface area is 166 Å². The number of nitrogens with two attached hydrogens (primary N) is 1. The first-order chi connectivity index (χ1) is 13.6. The van der Waals surface area contributed by atoms with Gasteiger partial charge in [0.25, 0.3) is 5.91 Å². The Balaban J connectivity index is 1.43. The van der Waals surface area contributed by atoms with E-state index >= 15 is 0 Å². The second kappa shape index (κ2) is 8.14. The summed E-state index contributed by atoms with van der Waals surface area (Å²) in [6, 6.07) is 10.0. The monoisotopic (exact) mass is 380 g/mol. The molecule has 2 aliphatic heterocycles. The number of hydrogen-bond acceptors (Lipinski definition) is 6. The van der Waals surface area contributed by atoms with E-state index in [1.54, 1.807) is 0 Å². The molecule has 0 radical (unpaired) electrons. The number of nitrogen functional groups attached to an aromatic ring is 1. The van der Waals surface area contributed by atoms with Crippen LogP contribution in [0.1, 0.15) is 28.0 Å². The normalized spacial score (nSPS) is 19.8. The average molecular weight is 380 g/mol. The Bertz CT molecular complexity index is 820. The molecular formula is C21H28N6O. The number of piperazine rings is 1. The molecule has 0 saturated carbocycles. The van der Waals surface area contributed by atoms with Gasteiger partial charge in [-0.05, 0) is 50.4 Å². The quantitative estimate of drug-likeness (QED) is 0.836. The molecule has 0 aliphatic carbocycles. The van der Waals surface area contributed by atoms with E-state index in [1.807, 2.05) is 36.1 Å². The molecule has 1 aromatic heterocycles. The topological polar surface area (TPSA) is 87.4 Å². The first-order valence-electron chi connectivity index (χ1n) is 10.0. The Hall–Kier alpha value is -2.67. The van der Waals surface area contributed by atoms with E-state index in [4.69, 9.17) is 5.73 Å². The average Bonchev–Trinajstić information content (AvgIpc) is 3.20. The second-order valence-corrected chi connectivity index (χ2v) is 7.73. The molecule has 1 atom stereocenters. The van der Waals surface area contributed by atoms with E-state index < -0.39 is 0 Å². The number of rotatable bonds is 4. The molecular weight excluding hydrogens is 352 g/mol. The SMILES string of the molecule is Cc1cc(N2CCN(C(=O)c3ccccc3CC3CCNC3)CC2)nc(N)n1. The van der Waals surface area contributed by atoms with Crippen molar-refractivity contribution in [3.63, 3.8) is 0 Å². The van der Waals surface area contributed by atoms with Crippen molar-refractivity contribution in [3.8, 4) is 0 Å². The summed E-state index contributed by atoms with van der Waals surface area (Å²) in [4.78, 5) is 25.8. The lowest BCUT2D eigenvalue weighted by atomic mass is 9.94. The minimum absolute atomic E-state index is 0.139. The van der Waals surface area contributed by atoms with Gasteiger partial charge in [0, 0.05) is 43.5 Å². The lowest BCUT2D eigenvalue weighted by molar-refractivity contribution is 0.0745. The van der Waals surface area contributed by atoms with Crippen molar-refractivity contribution in [1.29, 1.82) is 0 Å². The number of anilines is 2. The molecule has 28 heavy (non-hydrogen) atoms. The minimum Gasteiger partial charge on any atom is -0.368 e. The number of nitrogens with zero attached hydrogens (tertiary/aromatic N) is 4. The van der Waals surface area contributed by atoms with Crippen molar-refractivity contribution in [3.05, 3.63) is 47.2 Å². The predicted octanol–water partition coefficient (Wildman–Crippen LogP) is 1.48. The number of carbonyl (C=O) groups is 1. The highest BCUT2D eigenvalue weighted by Gasteiger charge is 2.25. The largest absolute Gasteiger partial charge is 0.368 e. The molecule has 1 amide bonds. The van der Waals surface area contributed by atoms with E-state index in [0.717, 1.165) is 49.7 Å². The van der Waals surface area contributed by atoms with Gasteiger partial charge in [0.05, 0.1) is 0 Å². The van der Waals surface area contributed by atoms with Crippen LogP contribution >= 0.6 is 0 Å². The molecule has 3 N–H and O–H groups in total. The molecule has 2 saturated heterocycles. The van der Waals surface area contributed by atoms with Gasteiger partial charge >= 0.3 is 0 Å². The van der Waals surface area contributed by atoms with Gasteiger partial charge in [-0.1, -0.05) is 18.2 Å². The smallest absolute Gasteiger partial charge is 0.254 e. The van der Waals surface area contributed by atoms with Gasteiger partial charge in [0.15, 0.2) is 0 Å². The third-order valence-electron chi connectivity index (χ3n) is 5.67. The van der Waals surface area contributed by atoms with E-state index in [9.17, 15) is 4.79 Å². The fourth-order valence-electron chi connectivity index (χ4n) is 4.15. The lowest BCUT2D eigenvalue weighted by Crippen LogP contribution is -2.49. The third kappa shape index (κ3) is 4.09. The number of carbonyl (C=O) groups excluding carboxylic acids is 1. The van der Waals surface area contributed by atoms with Crippen LogP contribution in [0.5, 0.6) is 0 Å². The summed E-state index contributed by atoms with van der Waals surface area (Å²) in [5.41, 5.74) is 8.66. The second-order valence-electron chi connectivity index (χ2n) is 7.73. The molecule has 1 unspecified atom stereocenters. The van der Waals surface area contributed by atoms with Crippen LogP contribution in [0, 0.1) is 12.8 Å². The first kappa shape index (κ1) is 18.7. The highest BCUT2D eigenvalue weighted by Crippen LogP contribution is 2.21. The summed E-state index contributed by atoms with van der Waals surface area (Å²) < 4.78 is 0. The number of nitrogens with one attached hydrogen (secondary N) is 1. The van der Waals surface area contributed by atoms with Crippen LogP contribution in [0.2, 0.25) is 0 Å². The Morgan fingerprint density at radius 3 is 2.71 bits per heavy atom. The number of benzene rings is 1. The Morgan fingerprint density at radius 2 is 2.00 bits per heavy atom. The van der Waals surface area contributed by atoms with E-state index in [-0.39, 0.29) is 5.91 Å². The molecule has 3 heterocycles. The van der Waals surface area contributed by atoms with E-state index in [1.165, 1.54) is 12.0 Å². The van der Waals surface area contributed by atoms with Crippen molar-refractivity contribution in [2.75, 3.05) is 49.9 Å². The Morgan fingerprint density at radius 1 is 1.21 bits per heavy atom. The van der Waals surface area contributed by atoms with Crippen LogP contribution in [-0.2, 0) is 6.42 Å². The molecule has 7 heteroatoms. The van der Waals surface area contributed by atoms with Crippen molar-refractivity contribution in [1.82, 2.24) is 20.2 Å². The van der Waals surface area contributed by atoms with Gasteiger partial charge in [0.1, 0.15) is 5.82 Å². The van der Waals surface area contributed by atoms with Gasteiger partial charge in [-0.3, -0.25) is 4.79 Å². The summed E-state index contributed by atoms with van der Waals surface area (Å²) in [5, 5.41) is 3.41. The zero-order chi connectivity index (χ0) is 19.5. The predicted molar refractivity (Wildman–Crippen MR) is 110 cm³/mol. The molecule has 0 bridgehead atoms. The van der Waals surface area contributed by atoms with Crippen LogP contribution in [0.3, 0.4) is 0 Å². The van der Waals surface area contributed by atoms with Gasteiger partial charge in [-0.15, -0.1) is 0 Å². The summed E-state index contributed by atoms with van der Waals surface area (Å²) in [6.07, 6.45) is 2.15. The number of aromatic nitrogens is 2. The zero-order valence-electron chi connectivity index (χ0n) is 16.4. The van der Waals surface area contributed by atoms with Crippen molar-refractivity contribution < 1.29 is 4.79 Å². The minimum atomic E-state index is 0.139. The standard InChI is InChI=1S/C21H28N6O/c1-15-12-19(25-21(22)24-15)26-8-10-27(11-9-26)20(28)18-5-3-2-4-17(18)13-16-6-7-23-14-16/h2-5,12,16,23H,6-11,13-14H2,1H3,(H2,22,24,25). The summed E-state index contributed by atoms with van der Waals surface area (Å²) in [6.45, 7) is 6.89. The summed E-state index contributed by atoms with van der Waals surface area (Å²) in [5.74, 6) is 1.90. The van der Waals surface area contributed by atoms with Crippen molar-refractivity contribution in [2.24, 2.45) is 5.92 Å². The Kier molecular flexibility index (Phi) is 5.43. The number of aryl methyl sites for hydroxylation is 1. The maximum atomic E-state index is 13.2. The van der Waals surface area contributed by atoms with Gasteiger partial charge in [0.2, 0.25) is 5.95 Å². The van der Waals surface area contributed by atoms with Crippen LogP contribution in [0.4, 0.5) is 11.8 Å². The van der Waals surface area contributed by atoms with E-state index in [0.29, 0.717) is 25.0 Å². The summed E-state index contributed by atoms with van der Waals surface area (Å²) >= 11 is 0. The maximum absolute atomic E-state index is 13.2. The van der Waals surface area contributed by atoms with E-state index in [2.05, 4.69) is 26.3 Å². The van der Waals surface area contributed by atoms with Gasteiger partial charge in [-0.2, -0.15) is 4.98 Å². The van der Waals surface area contributed by atoms with Crippen LogP contribution in [0.25, 0.3) is 0 Å². The highest BCUT2D eigenvalue weighted by molar-refractivity contribution is 5.95. The fourth-order valence-corrected chi connectivity index (χ4v) is 4.15. The van der Waals surface area contributed by atoms with Crippen LogP contribution in [-0.4, -0.2) is 60.0 Å². The van der Waals surface area contributed by atoms with Crippen molar-refractivity contribution >= 4 is 17.7 Å². The molecule has 2 aromatic rings. The van der Waals surface area contributed by atoms with Gasteiger partial charge in [-0.25, -0.2) is 4.98 Å². The summed E-state index contributed by atoms with van der Waals surface area (Å²) in [7, 11) is 0. The van der Waals surface area contributed by atoms with Gasteiger partial charge < -0.3 is 20.9 Å². The lowest BCUT2D eigenvalue weighted by Gasteiger charge is -2.35. The van der Waals surface area contributed by atoms with Crippen molar-refractivity contribution in [2.45, 2.75) is 19.8 Å². The molecule has 7 nitrogen and oxygen atoms in total. The highest BCUT2D eigenvalue weighted by atomic mass is 16.2. The number of amides is 1. The molecule has 148 valence electrons. The molecule has 1 aromatic carbocycles. The number of hydrogen-bond donors (Lipinski definition) is 2. The molecule has 2 fully saturated rings. The molecule has 2 aliphatic rings. The fraction of sp³-hybridized carbons (Fsp3) is 0.476. The zero-order valence-corrected chi connectivity index (χ0v) is 16.4. The van der Waals surface area contributed by atoms with Crippen LogP contribution in [0.15, 0.2) is 30.3 Å². The maximum Gasteiger partial charge on any atom is 0.254 e. The first-order valence-corrected chi connectivity index (χ1v) is 10.0. The molecule has 4 rings (SSSR count).